The zero-order valence-electron chi connectivity index (χ0n) is 13.1. The summed E-state index contributed by atoms with van der Waals surface area (Å²) in [5.74, 6) is 0.307. The first kappa shape index (κ1) is 18.0. The highest BCUT2D eigenvalue weighted by Crippen LogP contribution is 2.31. The van der Waals surface area contributed by atoms with Gasteiger partial charge in [0.05, 0.1) is 27.9 Å². The fourth-order valence-corrected chi connectivity index (χ4v) is 4.26. The summed E-state index contributed by atoms with van der Waals surface area (Å²) in [7, 11) is -3.30. The Morgan fingerprint density at radius 2 is 2.17 bits per heavy atom. The summed E-state index contributed by atoms with van der Waals surface area (Å²) in [5.41, 5.74) is 1.30. The van der Waals surface area contributed by atoms with Gasteiger partial charge < -0.3 is 5.32 Å². The van der Waals surface area contributed by atoms with E-state index in [1.54, 1.807) is 18.2 Å². The number of hydrogen-bond acceptors (Lipinski definition) is 6. The number of anilines is 1. The number of carbonyl (C=O) groups is 1. The largest absolute Gasteiger partial charge is 0.353 e. The Bertz CT molecular complexity index is 802. The molecule has 1 aromatic carbocycles. The molecule has 0 unspecified atom stereocenters. The van der Waals surface area contributed by atoms with E-state index in [-0.39, 0.29) is 11.9 Å². The highest BCUT2D eigenvalue weighted by Gasteiger charge is 2.10. The topological polar surface area (TPSA) is 88.2 Å². The molecule has 1 atom stereocenters. The smallest absolute Gasteiger partial charge is 0.230 e. The van der Waals surface area contributed by atoms with E-state index in [1.807, 2.05) is 13.8 Å². The van der Waals surface area contributed by atoms with Crippen molar-refractivity contribution in [2.45, 2.75) is 30.6 Å². The van der Waals surface area contributed by atoms with Gasteiger partial charge in [0.2, 0.25) is 15.9 Å². The Kier molecular flexibility index (Phi) is 5.88. The van der Waals surface area contributed by atoms with E-state index in [1.165, 1.54) is 23.1 Å². The molecule has 0 aliphatic heterocycles. The number of nitrogens with zero attached hydrogens (tertiary/aromatic N) is 1. The molecule has 1 aromatic heterocycles. The number of carbonyl (C=O) groups excluding carboxylic acids is 1. The SMILES string of the molecule is CC[C@H](C)NC(=O)CSc1nc2ccc(NS(C)(=O)=O)cc2s1. The van der Waals surface area contributed by atoms with Crippen molar-refractivity contribution in [3.05, 3.63) is 18.2 Å². The summed E-state index contributed by atoms with van der Waals surface area (Å²) < 4.78 is 26.6. The molecule has 0 bridgehead atoms. The maximum Gasteiger partial charge on any atom is 0.230 e. The lowest BCUT2D eigenvalue weighted by atomic mass is 10.3. The number of thiazole rings is 1. The Morgan fingerprint density at radius 1 is 1.43 bits per heavy atom. The average Bonchev–Trinajstić information content (AvgIpc) is 2.85. The molecule has 1 heterocycles. The molecule has 0 radical (unpaired) electrons. The van der Waals surface area contributed by atoms with E-state index in [9.17, 15) is 13.2 Å². The van der Waals surface area contributed by atoms with Gasteiger partial charge in [0.1, 0.15) is 0 Å². The summed E-state index contributed by atoms with van der Waals surface area (Å²) in [6.07, 6.45) is 2.01. The van der Waals surface area contributed by atoms with Crippen LogP contribution in [0.2, 0.25) is 0 Å². The van der Waals surface area contributed by atoms with Crippen LogP contribution in [0.15, 0.2) is 22.5 Å². The number of benzene rings is 1. The number of fused-ring (bicyclic) bond motifs is 1. The molecule has 126 valence electrons. The number of nitrogens with one attached hydrogen (secondary N) is 2. The quantitative estimate of drug-likeness (QED) is 0.729. The van der Waals surface area contributed by atoms with Crippen molar-refractivity contribution in [3.8, 4) is 0 Å². The first-order chi connectivity index (χ1) is 10.8. The number of rotatable bonds is 7. The predicted molar refractivity (Wildman–Crippen MR) is 96.7 cm³/mol. The van der Waals surface area contributed by atoms with Crippen molar-refractivity contribution >= 4 is 54.9 Å². The van der Waals surface area contributed by atoms with E-state index in [0.717, 1.165) is 27.2 Å². The molecule has 0 aliphatic carbocycles. The van der Waals surface area contributed by atoms with Crippen LogP contribution in [0.5, 0.6) is 0 Å². The standard InChI is InChI=1S/C14H19N3O3S3/c1-4-9(2)15-13(18)8-21-14-16-11-6-5-10(7-12(11)22-14)17-23(3,19)20/h5-7,9,17H,4,8H2,1-3H3,(H,15,18)/t9-/m0/s1. The van der Waals surface area contributed by atoms with Crippen LogP contribution in [0, 0.1) is 0 Å². The van der Waals surface area contributed by atoms with Gasteiger partial charge in [-0.2, -0.15) is 0 Å². The molecule has 0 saturated heterocycles. The molecule has 6 nitrogen and oxygen atoms in total. The van der Waals surface area contributed by atoms with Gasteiger partial charge in [0.25, 0.3) is 0 Å². The second kappa shape index (κ2) is 7.50. The Morgan fingerprint density at radius 3 is 2.83 bits per heavy atom. The Balaban J connectivity index is 2.04. The summed E-state index contributed by atoms with van der Waals surface area (Å²) in [5, 5.41) is 2.91. The van der Waals surface area contributed by atoms with Gasteiger partial charge in [-0.15, -0.1) is 11.3 Å². The molecule has 2 rings (SSSR count). The van der Waals surface area contributed by atoms with Crippen LogP contribution < -0.4 is 10.0 Å². The van der Waals surface area contributed by atoms with Gasteiger partial charge in [-0.3, -0.25) is 9.52 Å². The zero-order chi connectivity index (χ0) is 17.0. The minimum Gasteiger partial charge on any atom is -0.353 e. The van der Waals surface area contributed by atoms with Crippen LogP contribution in [0.1, 0.15) is 20.3 Å². The molecule has 0 aliphatic rings. The first-order valence-electron chi connectivity index (χ1n) is 7.07. The fraction of sp³-hybridized carbons (Fsp3) is 0.429. The molecular weight excluding hydrogens is 354 g/mol. The Hall–Kier alpha value is -1.32. The van der Waals surface area contributed by atoms with Crippen LogP contribution >= 0.6 is 23.1 Å². The second-order valence-corrected chi connectivity index (χ2v) is 9.20. The van der Waals surface area contributed by atoms with Gasteiger partial charge in [-0.05, 0) is 31.5 Å². The number of hydrogen-bond donors (Lipinski definition) is 2. The minimum atomic E-state index is -3.30. The average molecular weight is 374 g/mol. The minimum absolute atomic E-state index is 0.0111. The first-order valence-corrected chi connectivity index (χ1v) is 10.8. The van der Waals surface area contributed by atoms with Crippen LogP contribution in [0.25, 0.3) is 10.2 Å². The third-order valence-electron chi connectivity index (χ3n) is 3.02. The van der Waals surface area contributed by atoms with Crippen LogP contribution in [0.3, 0.4) is 0 Å². The van der Waals surface area contributed by atoms with E-state index in [0.29, 0.717) is 11.4 Å². The van der Waals surface area contributed by atoms with E-state index >= 15 is 0 Å². The van der Waals surface area contributed by atoms with Crippen molar-refractivity contribution in [3.63, 3.8) is 0 Å². The summed E-state index contributed by atoms with van der Waals surface area (Å²) in [6, 6.07) is 5.36. The van der Waals surface area contributed by atoms with E-state index in [4.69, 9.17) is 0 Å². The molecule has 2 N–H and O–H groups in total. The fourth-order valence-electron chi connectivity index (χ4n) is 1.79. The molecule has 0 fully saturated rings. The van der Waals surface area contributed by atoms with Crippen molar-refractivity contribution in [2.24, 2.45) is 0 Å². The predicted octanol–water partition coefficient (Wildman–Crippen LogP) is 2.67. The lowest BCUT2D eigenvalue weighted by Crippen LogP contribution is -2.33. The van der Waals surface area contributed by atoms with Crippen molar-refractivity contribution < 1.29 is 13.2 Å². The lowest BCUT2D eigenvalue weighted by Gasteiger charge is -2.10. The Labute approximate surface area is 144 Å². The number of aromatic nitrogens is 1. The van der Waals surface area contributed by atoms with Gasteiger partial charge >= 0.3 is 0 Å². The van der Waals surface area contributed by atoms with Crippen LogP contribution in [-0.4, -0.2) is 37.4 Å². The number of amides is 1. The monoisotopic (exact) mass is 373 g/mol. The third kappa shape index (κ3) is 5.67. The van der Waals surface area contributed by atoms with E-state index in [2.05, 4.69) is 15.0 Å². The number of thioether (sulfide) groups is 1. The van der Waals surface area contributed by atoms with Gasteiger partial charge in [-0.1, -0.05) is 18.7 Å². The normalized spacial score (nSPS) is 13.0. The van der Waals surface area contributed by atoms with Crippen molar-refractivity contribution in [1.29, 1.82) is 0 Å². The second-order valence-electron chi connectivity index (χ2n) is 5.20. The molecule has 9 heteroatoms. The van der Waals surface area contributed by atoms with E-state index < -0.39 is 10.0 Å². The molecule has 0 saturated carbocycles. The zero-order valence-corrected chi connectivity index (χ0v) is 15.6. The third-order valence-corrected chi connectivity index (χ3v) is 5.79. The van der Waals surface area contributed by atoms with Gasteiger partial charge in [0.15, 0.2) is 4.34 Å². The van der Waals surface area contributed by atoms with Crippen LogP contribution in [0.4, 0.5) is 5.69 Å². The molecule has 2 aromatic rings. The number of sulfonamides is 1. The maximum atomic E-state index is 11.8. The maximum absolute atomic E-state index is 11.8. The van der Waals surface area contributed by atoms with Crippen molar-refractivity contribution in [2.75, 3.05) is 16.7 Å². The summed E-state index contributed by atoms with van der Waals surface area (Å²) in [6.45, 7) is 3.99. The molecule has 23 heavy (non-hydrogen) atoms. The molecule has 0 spiro atoms. The highest BCUT2D eigenvalue weighted by atomic mass is 32.2. The summed E-state index contributed by atoms with van der Waals surface area (Å²) >= 11 is 2.82. The van der Waals surface area contributed by atoms with Gasteiger partial charge in [-0.25, -0.2) is 13.4 Å². The van der Waals surface area contributed by atoms with Crippen molar-refractivity contribution in [1.82, 2.24) is 10.3 Å². The van der Waals surface area contributed by atoms with Gasteiger partial charge in [0, 0.05) is 6.04 Å². The van der Waals surface area contributed by atoms with Crippen LogP contribution in [-0.2, 0) is 14.8 Å². The highest BCUT2D eigenvalue weighted by molar-refractivity contribution is 8.01. The molecular formula is C14H19N3O3S3. The summed E-state index contributed by atoms with van der Waals surface area (Å²) in [4.78, 5) is 16.2. The lowest BCUT2D eigenvalue weighted by molar-refractivity contribution is -0.119. The molecule has 1 amide bonds.